The average molecular weight is 850 g/mol. The lowest BCUT2D eigenvalue weighted by Gasteiger charge is -2.39. The Morgan fingerprint density at radius 2 is 1.80 bits per heavy atom. The molecule has 0 radical (unpaired) electrons. The number of anilines is 1. The van der Waals surface area contributed by atoms with E-state index >= 15 is 0 Å². The maximum absolute atomic E-state index is 14.0. The van der Waals surface area contributed by atoms with Crippen molar-refractivity contribution >= 4 is 60.9 Å². The second kappa shape index (κ2) is 16.2. The number of imidazole rings is 1. The molecule has 15 heteroatoms. The Hall–Kier alpha value is -5.41. The molecule has 312 valence electrons. The van der Waals surface area contributed by atoms with Gasteiger partial charge in [-0.25, -0.2) is 23.1 Å². The number of pyridine rings is 1. The summed E-state index contributed by atoms with van der Waals surface area (Å²) in [5, 5.41) is 12.4. The lowest BCUT2D eigenvalue weighted by molar-refractivity contribution is 0.0765. The van der Waals surface area contributed by atoms with Gasteiger partial charge in [0, 0.05) is 80.2 Å². The highest BCUT2D eigenvalue weighted by molar-refractivity contribution is 7.90. The molecule has 3 aromatic carbocycles. The van der Waals surface area contributed by atoms with Gasteiger partial charge >= 0.3 is 0 Å². The van der Waals surface area contributed by atoms with Crippen LogP contribution in [0.3, 0.4) is 0 Å². The van der Waals surface area contributed by atoms with Crippen LogP contribution in [0, 0.1) is 5.41 Å². The van der Waals surface area contributed by atoms with Crippen molar-refractivity contribution in [1.29, 1.82) is 0 Å². The van der Waals surface area contributed by atoms with E-state index in [9.17, 15) is 18.4 Å². The first-order valence-electron chi connectivity index (χ1n) is 20.4. The Morgan fingerprint density at radius 3 is 2.58 bits per heavy atom. The van der Waals surface area contributed by atoms with E-state index < -0.39 is 15.9 Å². The zero-order valence-electron chi connectivity index (χ0n) is 33.7. The lowest BCUT2D eigenvalue weighted by atomic mass is 9.72. The number of fused-ring (bicyclic) bond motifs is 2. The Labute approximate surface area is 354 Å². The predicted molar refractivity (Wildman–Crippen MR) is 232 cm³/mol. The first-order chi connectivity index (χ1) is 28.9. The highest BCUT2D eigenvalue weighted by Gasteiger charge is 2.31. The summed E-state index contributed by atoms with van der Waals surface area (Å²) in [7, 11) is -4.37. The third-order valence-corrected chi connectivity index (χ3v) is 13.7. The number of H-pyrrole nitrogens is 1. The predicted octanol–water partition coefficient (Wildman–Crippen LogP) is 8.39. The molecule has 2 saturated heterocycles. The van der Waals surface area contributed by atoms with Crippen molar-refractivity contribution in [3.05, 3.63) is 113 Å². The third kappa shape index (κ3) is 8.33. The summed E-state index contributed by atoms with van der Waals surface area (Å²) in [5.41, 5.74) is 6.66. The Balaban J connectivity index is 0.946. The number of benzene rings is 3. The molecule has 0 saturated carbocycles. The van der Waals surface area contributed by atoms with Crippen LogP contribution in [0.25, 0.3) is 27.6 Å². The Kier molecular flexibility index (Phi) is 10.8. The van der Waals surface area contributed by atoms with E-state index in [1.165, 1.54) is 34.9 Å². The van der Waals surface area contributed by atoms with Crippen LogP contribution in [0.15, 0.2) is 95.7 Å². The molecule has 3 N–H and O–H groups in total. The van der Waals surface area contributed by atoms with Gasteiger partial charge in [-0.15, -0.1) is 0 Å². The molecular formula is C45H48ClN7O6S. The molecule has 0 spiro atoms. The number of hydrogen-bond donors (Lipinski definition) is 3. The van der Waals surface area contributed by atoms with Gasteiger partial charge in [0.1, 0.15) is 28.5 Å². The molecule has 2 fully saturated rings. The normalized spacial score (nSPS) is 18.0. The van der Waals surface area contributed by atoms with Gasteiger partial charge in [0.25, 0.3) is 15.9 Å². The van der Waals surface area contributed by atoms with Crippen molar-refractivity contribution in [2.24, 2.45) is 5.41 Å². The van der Waals surface area contributed by atoms with Crippen LogP contribution in [-0.2, 0) is 14.8 Å². The van der Waals surface area contributed by atoms with Crippen molar-refractivity contribution < 1.29 is 27.9 Å². The van der Waals surface area contributed by atoms with E-state index in [-0.39, 0.29) is 27.5 Å². The molecule has 1 amide bonds. The smallest absolute Gasteiger partial charge is 0.268 e. The molecule has 0 atom stereocenters. The van der Waals surface area contributed by atoms with Crippen LogP contribution >= 0.6 is 11.6 Å². The van der Waals surface area contributed by atoms with Gasteiger partial charge in [-0.05, 0) is 103 Å². The Morgan fingerprint density at radius 1 is 1.02 bits per heavy atom. The minimum atomic E-state index is -4.37. The van der Waals surface area contributed by atoms with Crippen LogP contribution < -0.4 is 14.4 Å². The summed E-state index contributed by atoms with van der Waals surface area (Å²) >= 11 is 6.25. The average Bonchev–Trinajstić information content (AvgIpc) is 3.85. The number of nitrogens with one attached hydrogen (secondary N) is 2. The minimum absolute atomic E-state index is 0.0182. The molecule has 0 unspecified atom stereocenters. The number of ether oxygens (including phenoxy) is 2. The number of hydrogen-bond acceptors (Lipinski definition) is 10. The lowest BCUT2D eigenvalue weighted by Crippen LogP contribution is -2.47. The second-order valence-corrected chi connectivity index (χ2v) is 18.9. The van der Waals surface area contributed by atoms with Gasteiger partial charge in [-0.3, -0.25) is 9.69 Å². The number of aromatic nitrogens is 4. The highest BCUT2D eigenvalue weighted by atomic mass is 35.5. The fourth-order valence-electron chi connectivity index (χ4n) is 8.67. The molecule has 60 heavy (non-hydrogen) atoms. The molecular weight excluding hydrogens is 802 g/mol. The number of halogens is 1. The maximum Gasteiger partial charge on any atom is 0.268 e. The fourth-order valence-corrected chi connectivity index (χ4v) is 9.78. The molecule has 6 aromatic rings. The number of amides is 1. The summed E-state index contributed by atoms with van der Waals surface area (Å²) < 4.78 is 42.6. The minimum Gasteiger partial charge on any atom is -0.455 e. The van der Waals surface area contributed by atoms with Crippen molar-refractivity contribution in [3.63, 3.8) is 0 Å². The molecule has 5 heterocycles. The topological polar surface area (TPSA) is 155 Å². The number of aromatic amines is 1. The number of carbonyl (C=O) groups excluding carboxylic acids is 1. The van der Waals surface area contributed by atoms with Crippen LogP contribution in [0.2, 0.25) is 5.02 Å². The largest absolute Gasteiger partial charge is 0.455 e. The summed E-state index contributed by atoms with van der Waals surface area (Å²) in [6.07, 6.45) is 7.98. The third-order valence-electron chi connectivity index (χ3n) is 12.1. The summed E-state index contributed by atoms with van der Waals surface area (Å²) in [6, 6.07) is 21.3. The molecule has 3 aliphatic rings. The van der Waals surface area contributed by atoms with E-state index in [0.29, 0.717) is 54.3 Å². The van der Waals surface area contributed by atoms with Gasteiger partial charge in [-0.1, -0.05) is 43.2 Å². The zero-order valence-corrected chi connectivity index (χ0v) is 35.2. The monoisotopic (exact) mass is 849 g/mol. The summed E-state index contributed by atoms with van der Waals surface area (Å²) in [4.78, 5) is 30.7. The molecule has 13 nitrogen and oxygen atoms in total. The second-order valence-electron chi connectivity index (χ2n) is 16.8. The fraction of sp³-hybridized carbons (Fsp3) is 0.356. The van der Waals surface area contributed by atoms with Crippen LogP contribution in [-0.4, -0.2) is 90.1 Å². The number of piperazine rings is 1. The number of rotatable bonds is 10. The van der Waals surface area contributed by atoms with Gasteiger partial charge in [0.05, 0.1) is 22.2 Å². The van der Waals surface area contributed by atoms with E-state index in [1.54, 1.807) is 24.5 Å². The van der Waals surface area contributed by atoms with Crippen LogP contribution in [0.4, 0.5) is 5.69 Å². The van der Waals surface area contributed by atoms with E-state index in [1.807, 2.05) is 30.3 Å². The molecule has 1 aliphatic carbocycles. The van der Waals surface area contributed by atoms with Crippen molar-refractivity contribution in [2.75, 3.05) is 50.8 Å². The van der Waals surface area contributed by atoms with Gasteiger partial charge in [-0.2, -0.15) is 4.73 Å². The Bertz CT molecular complexity index is 2710. The number of carbonyl (C=O) groups is 1. The highest BCUT2D eigenvalue weighted by Crippen LogP contribution is 2.43. The standard InChI is InChI=1S/C45H48ClN7O6S/c1-45(2)15-11-32(38(26-45)29-3-5-33(46)6-4-29)28-51-17-19-52(20-18-51)34-7-9-37(41(24-34)59-35-23-31-12-16-47-42(31)48-27-35)44(54)50-60(56,57)36-8-10-40-39(25-36)49-43(53(40)55)30-13-21-58-22-14-30/h3-10,12,16,23-25,27,30,55H,11,13-15,17-22,26,28H2,1-2H3,(H,47,48)(H,50,54). The quantitative estimate of drug-likeness (QED) is 0.115. The van der Waals surface area contributed by atoms with Crippen molar-refractivity contribution in [2.45, 2.75) is 56.8 Å². The summed E-state index contributed by atoms with van der Waals surface area (Å²) in [6.45, 7) is 9.93. The number of sulfonamides is 1. The molecule has 0 bridgehead atoms. The number of allylic oxidation sites excluding steroid dienone is 1. The van der Waals surface area contributed by atoms with Crippen molar-refractivity contribution in [3.8, 4) is 11.5 Å². The van der Waals surface area contributed by atoms with Gasteiger partial charge in [0.2, 0.25) is 0 Å². The van der Waals surface area contributed by atoms with Crippen LogP contribution in [0.5, 0.6) is 11.5 Å². The molecule has 2 aliphatic heterocycles. The molecule has 3 aromatic heterocycles. The first-order valence-corrected chi connectivity index (χ1v) is 22.3. The van der Waals surface area contributed by atoms with Gasteiger partial charge < -0.3 is 24.6 Å². The first kappa shape index (κ1) is 40.0. The van der Waals surface area contributed by atoms with E-state index in [2.05, 4.69) is 55.5 Å². The maximum atomic E-state index is 14.0. The van der Waals surface area contributed by atoms with Crippen LogP contribution in [0.1, 0.15) is 73.6 Å². The number of nitrogens with zero attached hydrogens (tertiary/aromatic N) is 5. The molecule has 9 rings (SSSR count). The van der Waals surface area contributed by atoms with E-state index in [0.717, 1.165) is 72.8 Å². The SMILES string of the molecule is CC1(C)CCC(CN2CCN(c3ccc(C(=O)NS(=O)(=O)c4ccc5c(c4)nc(C4CCOCC4)n5O)c(Oc4cnc5[nH]ccc5c4)c3)CC2)=C(c2ccc(Cl)cc2)C1. The van der Waals surface area contributed by atoms with Crippen molar-refractivity contribution in [1.82, 2.24) is 29.3 Å². The van der Waals surface area contributed by atoms with E-state index in [4.69, 9.17) is 21.1 Å². The summed E-state index contributed by atoms with van der Waals surface area (Å²) in [5.74, 6) is 0.171. The van der Waals surface area contributed by atoms with Gasteiger partial charge in [0.15, 0.2) is 0 Å². The zero-order chi connectivity index (χ0) is 41.6.